The number of aldehydes is 1. The van der Waals surface area contributed by atoms with E-state index in [2.05, 4.69) is 19.9 Å². The van der Waals surface area contributed by atoms with Crippen LogP contribution < -0.4 is 0 Å². The molecular formula is C20H28O5. The first kappa shape index (κ1) is 18.3. The summed E-state index contributed by atoms with van der Waals surface area (Å²) in [6, 6.07) is 0. The highest BCUT2D eigenvalue weighted by Gasteiger charge is 2.56. The Hall–Kier alpha value is -1.46. The van der Waals surface area contributed by atoms with E-state index in [-0.39, 0.29) is 29.5 Å². The Morgan fingerprint density at radius 2 is 2.20 bits per heavy atom. The van der Waals surface area contributed by atoms with Crippen LogP contribution in [-0.4, -0.2) is 41.8 Å². The lowest BCUT2D eigenvalue weighted by molar-refractivity contribution is -0.165. The van der Waals surface area contributed by atoms with Crippen molar-refractivity contribution >= 4 is 12.3 Å². The molecule has 0 radical (unpaired) electrons. The molecule has 1 aliphatic carbocycles. The van der Waals surface area contributed by atoms with E-state index in [0.717, 1.165) is 19.1 Å². The van der Waals surface area contributed by atoms with Gasteiger partial charge in [0, 0.05) is 17.9 Å². The number of carbonyl (C=O) groups excluding carboxylic acids is 2. The fraction of sp³-hybridized carbons (Fsp3) is 0.700. The van der Waals surface area contributed by atoms with E-state index in [9.17, 15) is 14.7 Å². The third kappa shape index (κ3) is 3.72. The van der Waals surface area contributed by atoms with Gasteiger partial charge in [-0.15, -0.1) is 0 Å². The molecule has 3 rings (SSSR count). The van der Waals surface area contributed by atoms with Crippen molar-refractivity contribution in [1.82, 2.24) is 0 Å². The molecule has 5 heteroatoms. The van der Waals surface area contributed by atoms with Crippen molar-refractivity contribution in [3.8, 4) is 0 Å². The minimum absolute atomic E-state index is 0.0115. The summed E-state index contributed by atoms with van der Waals surface area (Å²) in [6.07, 6.45) is 6.81. The van der Waals surface area contributed by atoms with Crippen molar-refractivity contribution in [2.45, 2.75) is 64.3 Å². The average molecular weight is 348 g/mol. The van der Waals surface area contributed by atoms with Crippen LogP contribution in [-0.2, 0) is 19.1 Å². The summed E-state index contributed by atoms with van der Waals surface area (Å²) in [5.74, 6) is -1.32. The normalized spacial score (nSPS) is 40.2. The van der Waals surface area contributed by atoms with Crippen LogP contribution in [0.3, 0.4) is 0 Å². The number of cyclic esters (lactones) is 1. The Bertz CT molecular complexity index is 603. The second-order valence-electron chi connectivity index (χ2n) is 8.05. The predicted molar refractivity (Wildman–Crippen MR) is 92.8 cm³/mol. The largest absolute Gasteiger partial charge is 0.465 e. The van der Waals surface area contributed by atoms with E-state index >= 15 is 0 Å². The van der Waals surface area contributed by atoms with Gasteiger partial charge in [0.25, 0.3) is 0 Å². The number of allylic oxidation sites excluding steroid dienone is 2. The minimum atomic E-state index is -0.689. The van der Waals surface area contributed by atoms with E-state index < -0.39 is 12.0 Å². The van der Waals surface area contributed by atoms with Gasteiger partial charge in [-0.3, -0.25) is 9.59 Å². The van der Waals surface area contributed by atoms with Gasteiger partial charge >= 0.3 is 5.97 Å². The number of rotatable bonds is 4. The number of epoxide rings is 1. The average Bonchev–Trinajstić information content (AvgIpc) is 3.17. The Balaban J connectivity index is 1.90. The number of esters is 1. The van der Waals surface area contributed by atoms with Crippen LogP contribution in [0.5, 0.6) is 0 Å². The van der Waals surface area contributed by atoms with E-state index in [1.807, 2.05) is 6.92 Å². The highest BCUT2D eigenvalue weighted by atomic mass is 16.6. The molecule has 0 spiro atoms. The molecule has 2 heterocycles. The lowest BCUT2D eigenvalue weighted by atomic mass is 9.70. The second kappa shape index (κ2) is 7.04. The molecule has 6 atom stereocenters. The van der Waals surface area contributed by atoms with Gasteiger partial charge < -0.3 is 14.6 Å². The Labute approximate surface area is 149 Å². The number of aliphatic hydroxyl groups excluding tert-OH is 1. The summed E-state index contributed by atoms with van der Waals surface area (Å²) < 4.78 is 11.1. The van der Waals surface area contributed by atoms with Gasteiger partial charge in [0.2, 0.25) is 0 Å². The minimum Gasteiger partial charge on any atom is -0.465 e. The first-order chi connectivity index (χ1) is 11.9. The van der Waals surface area contributed by atoms with E-state index in [1.54, 1.807) is 6.08 Å². The fourth-order valence-electron chi connectivity index (χ4n) is 4.39. The highest BCUT2D eigenvalue weighted by Crippen LogP contribution is 2.48. The Morgan fingerprint density at radius 3 is 2.88 bits per heavy atom. The van der Waals surface area contributed by atoms with Crippen molar-refractivity contribution in [1.29, 1.82) is 0 Å². The SMILES string of the molecule is CC(C)=CCCC1COC(=O)C2C(C=O)=CCC3OC3(C)CC(O)C12. The molecule has 5 nitrogen and oxygen atoms in total. The van der Waals surface area contributed by atoms with Crippen molar-refractivity contribution in [3.63, 3.8) is 0 Å². The third-order valence-electron chi connectivity index (χ3n) is 5.87. The van der Waals surface area contributed by atoms with Gasteiger partial charge in [-0.2, -0.15) is 0 Å². The van der Waals surface area contributed by atoms with Crippen LogP contribution in [0.25, 0.3) is 0 Å². The van der Waals surface area contributed by atoms with E-state index in [4.69, 9.17) is 9.47 Å². The third-order valence-corrected chi connectivity index (χ3v) is 5.87. The molecule has 0 amide bonds. The lowest BCUT2D eigenvalue weighted by Gasteiger charge is -2.40. The molecule has 0 aromatic rings. The number of hydrogen-bond acceptors (Lipinski definition) is 5. The lowest BCUT2D eigenvalue weighted by Crippen LogP contribution is -2.47. The summed E-state index contributed by atoms with van der Waals surface area (Å²) in [4.78, 5) is 24.1. The number of hydrogen-bond donors (Lipinski definition) is 1. The van der Waals surface area contributed by atoms with E-state index in [0.29, 0.717) is 25.0 Å². The van der Waals surface area contributed by atoms with Crippen LogP contribution in [0.15, 0.2) is 23.3 Å². The summed E-state index contributed by atoms with van der Waals surface area (Å²) in [6.45, 7) is 6.41. The van der Waals surface area contributed by atoms with Gasteiger partial charge in [0.05, 0.1) is 30.3 Å². The summed E-state index contributed by atoms with van der Waals surface area (Å²) in [7, 11) is 0. The van der Waals surface area contributed by atoms with Crippen molar-refractivity contribution in [2.24, 2.45) is 17.8 Å². The monoisotopic (exact) mass is 348 g/mol. The second-order valence-corrected chi connectivity index (χ2v) is 8.05. The molecule has 1 N–H and O–H groups in total. The van der Waals surface area contributed by atoms with Gasteiger partial charge in [-0.05, 0) is 46.0 Å². The summed E-state index contributed by atoms with van der Waals surface area (Å²) in [5, 5.41) is 11.0. The first-order valence-electron chi connectivity index (χ1n) is 9.17. The maximum Gasteiger partial charge on any atom is 0.313 e. The molecular weight excluding hydrogens is 320 g/mol. The van der Waals surface area contributed by atoms with E-state index in [1.165, 1.54) is 5.57 Å². The molecule has 0 saturated carbocycles. The molecule has 0 bridgehead atoms. The molecule has 2 saturated heterocycles. The maximum atomic E-state index is 12.4. The molecule has 6 unspecified atom stereocenters. The predicted octanol–water partition coefficient (Wildman–Crippen LogP) is 2.58. The van der Waals surface area contributed by atoms with Gasteiger partial charge in [-0.25, -0.2) is 0 Å². The van der Waals surface area contributed by atoms with Crippen LogP contribution >= 0.6 is 0 Å². The first-order valence-corrected chi connectivity index (χ1v) is 9.17. The Morgan fingerprint density at radius 1 is 1.44 bits per heavy atom. The van der Waals surface area contributed by atoms with Crippen molar-refractivity contribution < 1.29 is 24.2 Å². The summed E-state index contributed by atoms with van der Waals surface area (Å²) >= 11 is 0. The Kier molecular flexibility index (Phi) is 5.16. The maximum absolute atomic E-state index is 12.4. The zero-order valence-electron chi connectivity index (χ0n) is 15.2. The molecule has 138 valence electrons. The number of carbonyl (C=O) groups is 2. The van der Waals surface area contributed by atoms with Crippen molar-refractivity contribution in [2.75, 3.05) is 6.61 Å². The highest BCUT2D eigenvalue weighted by molar-refractivity contribution is 5.88. The van der Waals surface area contributed by atoms with Gasteiger partial charge in [0.1, 0.15) is 6.29 Å². The number of aliphatic hydroxyl groups is 1. The number of fused-ring (bicyclic) bond motifs is 2. The van der Waals surface area contributed by atoms with Gasteiger partial charge in [-0.1, -0.05) is 17.7 Å². The van der Waals surface area contributed by atoms with Crippen LogP contribution in [0.4, 0.5) is 0 Å². The quantitative estimate of drug-likeness (QED) is 0.366. The van der Waals surface area contributed by atoms with Crippen LogP contribution in [0, 0.1) is 17.8 Å². The molecule has 25 heavy (non-hydrogen) atoms. The smallest absolute Gasteiger partial charge is 0.313 e. The molecule has 0 aromatic carbocycles. The molecule has 3 aliphatic rings. The summed E-state index contributed by atoms with van der Waals surface area (Å²) in [5.41, 5.74) is 1.32. The standard InChI is InChI=1S/C20H28O5/c1-12(2)5-4-6-14-11-24-19(23)18-13(10-21)7-8-16-20(3,25-16)9-15(22)17(14)18/h5,7,10,14-18,22H,4,6,8-9,11H2,1-3H3. The zero-order chi connectivity index (χ0) is 18.2. The van der Waals surface area contributed by atoms with Gasteiger partial charge in [0.15, 0.2) is 0 Å². The molecule has 2 aliphatic heterocycles. The van der Waals surface area contributed by atoms with Crippen LogP contribution in [0.2, 0.25) is 0 Å². The topological polar surface area (TPSA) is 76.1 Å². The molecule has 2 fully saturated rings. The zero-order valence-corrected chi connectivity index (χ0v) is 15.2. The van der Waals surface area contributed by atoms with Crippen LogP contribution in [0.1, 0.15) is 46.5 Å². The van der Waals surface area contributed by atoms with Crippen molar-refractivity contribution in [3.05, 3.63) is 23.3 Å². The molecule has 0 aromatic heterocycles. The number of ether oxygens (including phenoxy) is 2. The fourth-order valence-corrected chi connectivity index (χ4v) is 4.39.